The summed E-state index contributed by atoms with van der Waals surface area (Å²) in [5.41, 5.74) is 2.49. The number of alkyl halides is 4. The number of fused-ring (bicyclic) bond motifs is 2. The first-order valence-electron chi connectivity index (χ1n) is 12.9. The number of pyridine rings is 2. The Morgan fingerprint density at radius 3 is 2.73 bits per heavy atom. The molecule has 0 amide bonds. The fraction of sp³-hybridized carbons (Fsp3) is 0.462. The third-order valence-electron chi connectivity index (χ3n) is 7.70. The molecule has 212 valence electrons. The Kier molecular flexibility index (Phi) is 6.47. The summed E-state index contributed by atoms with van der Waals surface area (Å²) in [7, 11) is 0. The smallest absolute Gasteiger partial charge is 0.421 e. The number of rotatable bonds is 5. The molecule has 40 heavy (non-hydrogen) atoms. The van der Waals surface area contributed by atoms with E-state index in [1.54, 1.807) is 4.90 Å². The molecule has 0 saturated carbocycles. The van der Waals surface area contributed by atoms with Gasteiger partial charge in [-0.25, -0.2) is 18.2 Å². The van der Waals surface area contributed by atoms with Crippen molar-refractivity contribution in [3.8, 4) is 17.4 Å². The molecule has 8 nitrogen and oxygen atoms in total. The monoisotopic (exact) mass is 565 g/mol. The van der Waals surface area contributed by atoms with E-state index in [-0.39, 0.29) is 42.0 Å². The molecular weight excluding hydrogens is 540 g/mol. The van der Waals surface area contributed by atoms with Crippen LogP contribution in [0.2, 0.25) is 0 Å². The summed E-state index contributed by atoms with van der Waals surface area (Å²) in [4.78, 5) is 20.5. The Hall–Kier alpha value is -3.68. The van der Waals surface area contributed by atoms with Crippen molar-refractivity contribution in [2.75, 3.05) is 43.4 Å². The molecule has 0 radical (unpaired) electrons. The second kappa shape index (κ2) is 9.75. The van der Waals surface area contributed by atoms with E-state index >= 15 is 0 Å². The zero-order chi connectivity index (χ0) is 28.2. The van der Waals surface area contributed by atoms with Crippen LogP contribution >= 0.6 is 0 Å². The van der Waals surface area contributed by atoms with E-state index in [1.807, 2.05) is 0 Å². The average Bonchev–Trinajstić information content (AvgIpc) is 3.41. The minimum Gasteiger partial charge on any atom is -0.461 e. The van der Waals surface area contributed by atoms with Gasteiger partial charge < -0.3 is 15.4 Å². The predicted octanol–water partition coefficient (Wildman–Crippen LogP) is 4.85. The van der Waals surface area contributed by atoms with E-state index in [9.17, 15) is 26.3 Å². The van der Waals surface area contributed by atoms with Gasteiger partial charge in [0.25, 0.3) is 0 Å². The van der Waals surface area contributed by atoms with Gasteiger partial charge in [-0.1, -0.05) is 0 Å². The summed E-state index contributed by atoms with van der Waals surface area (Å²) in [6, 6.07) is 1.61. The summed E-state index contributed by atoms with van der Waals surface area (Å²) < 4.78 is 90.1. The molecule has 3 aromatic heterocycles. The van der Waals surface area contributed by atoms with Crippen molar-refractivity contribution in [1.29, 1.82) is 0 Å². The van der Waals surface area contributed by atoms with E-state index in [2.05, 4.69) is 24.8 Å². The normalized spacial score (nSPS) is 23.5. The number of nitrogens with two attached hydrogens (primary N) is 1. The van der Waals surface area contributed by atoms with Gasteiger partial charge in [0.05, 0.1) is 28.7 Å². The molecule has 0 bridgehead atoms. The lowest BCUT2D eigenvalue weighted by molar-refractivity contribution is -0.139. The Balaban J connectivity index is 1.44. The highest BCUT2D eigenvalue weighted by Crippen LogP contribution is 2.41. The standard InChI is InChI=1S/C26H25F6N7O/c27-14-3-1-5-38(11-14)23-16-10-34-19(22-21(26(30,31)32)17(29)7-20(33)36-22)8-18(16)35-24(37-23)40-13-25-4-2-6-39(25)12-15(28)9-25/h3,7-8,10,15H,1-2,4-6,9,11-13H2,(H2,33,36). The number of halogens is 6. The minimum absolute atomic E-state index is 0.0746. The quantitative estimate of drug-likeness (QED) is 0.440. The lowest BCUT2D eigenvalue weighted by Gasteiger charge is -2.31. The second-order valence-corrected chi connectivity index (χ2v) is 10.4. The van der Waals surface area contributed by atoms with Gasteiger partial charge in [-0.3, -0.25) is 9.88 Å². The van der Waals surface area contributed by atoms with Crippen molar-refractivity contribution in [2.45, 2.75) is 43.6 Å². The third kappa shape index (κ3) is 4.78. The van der Waals surface area contributed by atoms with Crippen LogP contribution in [0.1, 0.15) is 31.2 Å². The average molecular weight is 566 g/mol. The Morgan fingerprint density at radius 2 is 1.95 bits per heavy atom. The van der Waals surface area contributed by atoms with E-state index in [0.717, 1.165) is 19.4 Å². The Labute approximate surface area is 224 Å². The topological polar surface area (TPSA) is 93.3 Å². The second-order valence-electron chi connectivity index (χ2n) is 10.4. The third-order valence-corrected chi connectivity index (χ3v) is 7.70. The first kappa shape index (κ1) is 26.5. The van der Waals surface area contributed by atoms with Crippen LogP contribution in [0.3, 0.4) is 0 Å². The summed E-state index contributed by atoms with van der Waals surface area (Å²) in [6.07, 6.45) is -0.952. The predicted molar refractivity (Wildman–Crippen MR) is 135 cm³/mol. The van der Waals surface area contributed by atoms with E-state index in [4.69, 9.17) is 10.5 Å². The maximum absolute atomic E-state index is 14.4. The van der Waals surface area contributed by atoms with Crippen molar-refractivity contribution in [2.24, 2.45) is 0 Å². The van der Waals surface area contributed by atoms with Crippen molar-refractivity contribution >= 4 is 22.5 Å². The van der Waals surface area contributed by atoms with Gasteiger partial charge >= 0.3 is 12.2 Å². The van der Waals surface area contributed by atoms with Crippen molar-refractivity contribution < 1.29 is 31.1 Å². The molecular formula is C26H25F6N7O. The van der Waals surface area contributed by atoms with Gasteiger partial charge in [0.1, 0.15) is 47.3 Å². The molecule has 2 fully saturated rings. The first-order valence-corrected chi connectivity index (χ1v) is 12.9. The number of hydrogen-bond acceptors (Lipinski definition) is 8. The van der Waals surface area contributed by atoms with Gasteiger partial charge in [0, 0.05) is 31.8 Å². The minimum atomic E-state index is -5.07. The van der Waals surface area contributed by atoms with Crippen LogP contribution in [-0.2, 0) is 6.18 Å². The Morgan fingerprint density at radius 1 is 1.12 bits per heavy atom. The van der Waals surface area contributed by atoms with E-state index in [1.165, 1.54) is 18.3 Å². The Bertz CT molecular complexity index is 1500. The van der Waals surface area contributed by atoms with Crippen LogP contribution in [0.25, 0.3) is 22.3 Å². The fourth-order valence-corrected chi connectivity index (χ4v) is 5.94. The van der Waals surface area contributed by atoms with Crippen LogP contribution < -0.4 is 15.4 Å². The molecule has 2 saturated heterocycles. The maximum atomic E-state index is 14.4. The van der Waals surface area contributed by atoms with Crippen molar-refractivity contribution in [1.82, 2.24) is 24.8 Å². The molecule has 2 atom stereocenters. The molecule has 14 heteroatoms. The summed E-state index contributed by atoms with van der Waals surface area (Å²) in [6.45, 7) is 1.54. The number of anilines is 2. The highest BCUT2D eigenvalue weighted by atomic mass is 19.4. The van der Waals surface area contributed by atoms with Gasteiger partial charge in [-0.05, 0) is 37.9 Å². The highest BCUT2D eigenvalue weighted by molar-refractivity contribution is 5.91. The molecule has 2 N–H and O–H groups in total. The first-order chi connectivity index (χ1) is 19.0. The highest BCUT2D eigenvalue weighted by Gasteiger charge is 2.49. The van der Waals surface area contributed by atoms with Crippen molar-refractivity contribution in [3.05, 3.63) is 41.6 Å². The molecule has 0 spiro atoms. The number of ether oxygens (including phenoxy) is 1. The number of nitrogen functional groups attached to an aromatic ring is 1. The van der Waals surface area contributed by atoms with Gasteiger partial charge in [-0.2, -0.15) is 23.1 Å². The van der Waals surface area contributed by atoms with Crippen LogP contribution in [0.4, 0.5) is 38.0 Å². The van der Waals surface area contributed by atoms with E-state index in [0.29, 0.717) is 37.4 Å². The van der Waals surface area contributed by atoms with Crippen LogP contribution in [-0.4, -0.2) is 69.3 Å². The molecule has 6 rings (SSSR count). The largest absolute Gasteiger partial charge is 0.461 e. The van der Waals surface area contributed by atoms with Gasteiger partial charge in [-0.15, -0.1) is 0 Å². The molecule has 2 unspecified atom stereocenters. The van der Waals surface area contributed by atoms with Gasteiger partial charge in [0.2, 0.25) is 0 Å². The summed E-state index contributed by atoms with van der Waals surface area (Å²) in [5, 5.41) is 0.328. The fourth-order valence-electron chi connectivity index (χ4n) is 5.94. The number of nitrogens with zero attached hydrogens (tertiary/aromatic N) is 6. The summed E-state index contributed by atoms with van der Waals surface area (Å²) >= 11 is 0. The molecule has 3 aliphatic rings. The van der Waals surface area contributed by atoms with Gasteiger partial charge in [0.15, 0.2) is 0 Å². The maximum Gasteiger partial charge on any atom is 0.421 e. The van der Waals surface area contributed by atoms with E-state index < -0.39 is 40.8 Å². The molecule has 0 aromatic carbocycles. The molecule has 3 aromatic rings. The lowest BCUT2D eigenvalue weighted by Crippen LogP contribution is -2.43. The van der Waals surface area contributed by atoms with Crippen molar-refractivity contribution in [3.63, 3.8) is 0 Å². The van der Waals surface area contributed by atoms with Crippen LogP contribution in [0, 0.1) is 5.82 Å². The summed E-state index contributed by atoms with van der Waals surface area (Å²) in [5.74, 6) is -2.11. The van der Waals surface area contributed by atoms with Crippen LogP contribution in [0.5, 0.6) is 6.01 Å². The molecule has 6 heterocycles. The molecule has 3 aliphatic heterocycles. The number of hydrogen-bond donors (Lipinski definition) is 1. The zero-order valence-corrected chi connectivity index (χ0v) is 21.2. The lowest BCUT2D eigenvalue weighted by atomic mass is 9.95. The zero-order valence-electron chi connectivity index (χ0n) is 21.2. The molecule has 0 aliphatic carbocycles. The van der Waals surface area contributed by atoms with Crippen LogP contribution in [0.15, 0.2) is 30.2 Å². The number of aromatic nitrogens is 4. The SMILES string of the molecule is Nc1cc(F)c(C(F)(F)F)c(-c2cc3nc(OCC45CCCN4CC(F)C5)nc(N4CCC=C(F)C4)c3cn2)n1.